The van der Waals surface area contributed by atoms with Crippen LogP contribution in [0.1, 0.15) is 52.9 Å². The van der Waals surface area contributed by atoms with Gasteiger partial charge in [-0.05, 0) is 86.2 Å². The number of carbonyl (C=O) groups is 1. The van der Waals surface area contributed by atoms with E-state index in [0.717, 1.165) is 33.6 Å². The molecule has 0 saturated heterocycles. The molecule has 2 aromatic carbocycles. The number of pyridine rings is 1. The van der Waals surface area contributed by atoms with E-state index >= 15 is 0 Å². The summed E-state index contributed by atoms with van der Waals surface area (Å²) in [6.07, 6.45) is 1.67. The van der Waals surface area contributed by atoms with E-state index in [1.807, 2.05) is 51.1 Å². The van der Waals surface area contributed by atoms with Crippen molar-refractivity contribution in [3.8, 4) is 22.6 Å². The van der Waals surface area contributed by atoms with Gasteiger partial charge in [0.1, 0.15) is 22.7 Å². The van der Waals surface area contributed by atoms with Crippen molar-refractivity contribution in [3.05, 3.63) is 80.4 Å². The molecule has 1 aliphatic carbocycles. The molecule has 5 rings (SSSR count). The molecule has 39 heavy (non-hydrogen) atoms. The molecule has 204 valence electrons. The second kappa shape index (κ2) is 10.2. The number of ether oxygens (including phenoxy) is 1. The number of aryl methyl sites for hydroxylation is 4. The van der Waals surface area contributed by atoms with Crippen molar-refractivity contribution in [2.45, 2.75) is 58.4 Å². The molecule has 1 aliphatic rings. The molecule has 1 amide bonds. The number of fused-ring (bicyclic) bond motifs is 1. The van der Waals surface area contributed by atoms with Crippen molar-refractivity contribution in [1.29, 1.82) is 0 Å². The molecule has 0 bridgehead atoms. The van der Waals surface area contributed by atoms with Crippen molar-refractivity contribution in [3.63, 3.8) is 0 Å². The molecular weight excluding hydrogens is 524 g/mol. The molecule has 2 aromatic heterocycles. The smallest absolute Gasteiger partial charge is 0.274 e. The first-order valence-electron chi connectivity index (χ1n) is 12.9. The quantitative estimate of drug-likeness (QED) is 0.274. The maximum absolute atomic E-state index is 13.5. The lowest BCUT2D eigenvalue weighted by Gasteiger charge is -2.28. The molecule has 0 radical (unpaired) electrons. The van der Waals surface area contributed by atoms with Crippen LogP contribution in [0.3, 0.4) is 0 Å². The Labute approximate surface area is 229 Å². The number of benzene rings is 2. The predicted molar refractivity (Wildman–Crippen MR) is 149 cm³/mol. The van der Waals surface area contributed by atoms with Gasteiger partial charge in [-0.2, -0.15) is 0 Å². The van der Waals surface area contributed by atoms with E-state index in [0.29, 0.717) is 21.7 Å². The molecule has 0 unspecified atom stereocenters. The molecule has 6 nitrogen and oxygen atoms in total. The van der Waals surface area contributed by atoms with E-state index in [-0.39, 0.29) is 43.0 Å². The highest BCUT2D eigenvalue weighted by Crippen LogP contribution is 2.36. The van der Waals surface area contributed by atoms with Crippen LogP contribution < -0.4 is 15.6 Å². The molecule has 2 heterocycles. The Hall–Kier alpha value is -3.65. The number of nitrogens with one attached hydrogen (secondary N) is 2. The fraction of sp³-hybridized carbons (Fsp3) is 0.333. The summed E-state index contributed by atoms with van der Waals surface area (Å²) in [4.78, 5) is 29.0. The number of hydrogen-bond donors (Lipinski definition) is 2. The number of halogens is 3. The molecule has 0 atom stereocenters. The minimum Gasteiger partial charge on any atom is -0.457 e. The van der Waals surface area contributed by atoms with Crippen LogP contribution in [-0.2, 0) is 7.05 Å². The normalized spacial score (nSPS) is 15.5. The van der Waals surface area contributed by atoms with E-state index < -0.39 is 11.8 Å². The van der Waals surface area contributed by atoms with Crippen LogP contribution in [0.4, 0.5) is 8.78 Å². The minimum absolute atomic E-state index is 0.212. The number of hydrogen-bond acceptors (Lipinski definition) is 3. The number of alkyl halides is 2. The summed E-state index contributed by atoms with van der Waals surface area (Å²) in [5.41, 5.74) is 4.57. The van der Waals surface area contributed by atoms with Crippen LogP contribution in [0.25, 0.3) is 22.0 Å². The van der Waals surface area contributed by atoms with Crippen LogP contribution in [-0.4, -0.2) is 27.4 Å². The van der Waals surface area contributed by atoms with Gasteiger partial charge in [0.05, 0.1) is 0 Å². The fourth-order valence-electron chi connectivity index (χ4n) is 5.27. The molecule has 0 aliphatic heterocycles. The Balaban J connectivity index is 1.51. The van der Waals surface area contributed by atoms with Gasteiger partial charge in [0.15, 0.2) is 0 Å². The van der Waals surface area contributed by atoms with Crippen molar-refractivity contribution in [2.24, 2.45) is 7.05 Å². The number of nitrogens with zero attached hydrogens (tertiary/aromatic N) is 1. The highest BCUT2D eigenvalue weighted by atomic mass is 35.5. The maximum Gasteiger partial charge on any atom is 0.274 e. The first-order valence-corrected chi connectivity index (χ1v) is 13.3. The summed E-state index contributed by atoms with van der Waals surface area (Å²) in [7, 11) is 1.65. The number of aromatic nitrogens is 2. The molecule has 2 N–H and O–H groups in total. The van der Waals surface area contributed by atoms with Gasteiger partial charge in [0.2, 0.25) is 5.92 Å². The van der Waals surface area contributed by atoms with E-state index in [9.17, 15) is 18.4 Å². The number of amides is 1. The van der Waals surface area contributed by atoms with Gasteiger partial charge in [-0.15, -0.1) is 0 Å². The standard InChI is InChI=1S/C30H30ClF2N3O3/c1-16-9-19(13-22(10-16)39-27-17(2)11-20(31)12-18(27)3)24-15-36(4)29(38)26-23(24)14-25(35-26)28(37)34-21-5-7-30(32,33)8-6-21/h9-15,21,35H,5-8H2,1-4H3,(H,34,37). The van der Waals surface area contributed by atoms with Crippen molar-refractivity contribution in [2.75, 3.05) is 0 Å². The summed E-state index contributed by atoms with van der Waals surface area (Å²) >= 11 is 6.18. The summed E-state index contributed by atoms with van der Waals surface area (Å²) < 4.78 is 34.8. The van der Waals surface area contributed by atoms with Crippen LogP contribution in [0.2, 0.25) is 5.02 Å². The molecule has 4 aromatic rings. The number of carbonyl (C=O) groups excluding carboxylic acids is 1. The van der Waals surface area contributed by atoms with Gasteiger partial charge in [-0.3, -0.25) is 9.59 Å². The van der Waals surface area contributed by atoms with Crippen molar-refractivity contribution >= 4 is 28.4 Å². The molecule has 0 spiro atoms. The largest absolute Gasteiger partial charge is 0.457 e. The van der Waals surface area contributed by atoms with E-state index in [2.05, 4.69) is 10.3 Å². The Bertz CT molecular complexity index is 1620. The van der Waals surface area contributed by atoms with Crippen LogP contribution >= 0.6 is 11.6 Å². The zero-order valence-electron chi connectivity index (χ0n) is 22.3. The van der Waals surface area contributed by atoms with Crippen LogP contribution in [0.15, 0.2) is 47.4 Å². The lowest BCUT2D eigenvalue weighted by Crippen LogP contribution is -2.40. The highest BCUT2D eigenvalue weighted by molar-refractivity contribution is 6.30. The summed E-state index contributed by atoms with van der Waals surface area (Å²) in [6, 6.07) is 10.8. The molecule has 1 saturated carbocycles. The summed E-state index contributed by atoms with van der Waals surface area (Å²) in [5, 5.41) is 4.08. The van der Waals surface area contributed by atoms with Gasteiger partial charge >= 0.3 is 0 Å². The van der Waals surface area contributed by atoms with Gasteiger partial charge < -0.3 is 19.6 Å². The second-order valence-corrected chi connectivity index (χ2v) is 11.0. The van der Waals surface area contributed by atoms with E-state index in [4.69, 9.17) is 16.3 Å². The predicted octanol–water partition coefficient (Wildman–Crippen LogP) is 7.21. The molecule has 9 heteroatoms. The maximum atomic E-state index is 13.5. The van der Waals surface area contributed by atoms with Crippen LogP contribution in [0.5, 0.6) is 11.5 Å². The first-order chi connectivity index (χ1) is 18.4. The van der Waals surface area contributed by atoms with Crippen molar-refractivity contribution < 1.29 is 18.3 Å². The average Bonchev–Trinajstić information content (AvgIpc) is 3.31. The SMILES string of the molecule is Cc1cc(Oc2c(C)cc(Cl)cc2C)cc(-c2cn(C)c(=O)c3[nH]c(C(=O)NC4CCC(F)(F)CC4)cc23)c1. The van der Waals surface area contributed by atoms with Gasteiger partial charge in [-0.25, -0.2) is 8.78 Å². The topological polar surface area (TPSA) is 76.1 Å². The third-order valence-electron chi connectivity index (χ3n) is 7.27. The van der Waals surface area contributed by atoms with Crippen LogP contribution in [0, 0.1) is 20.8 Å². The van der Waals surface area contributed by atoms with Gasteiger partial charge in [0, 0.05) is 48.1 Å². The monoisotopic (exact) mass is 553 g/mol. The molecule has 1 fully saturated rings. The summed E-state index contributed by atoms with van der Waals surface area (Å²) in [5.74, 6) is -1.74. The third-order valence-corrected chi connectivity index (χ3v) is 7.49. The zero-order valence-corrected chi connectivity index (χ0v) is 23.0. The Kier molecular flexibility index (Phi) is 7.01. The van der Waals surface area contributed by atoms with E-state index in [1.165, 1.54) is 4.57 Å². The number of rotatable bonds is 5. The van der Waals surface area contributed by atoms with Gasteiger partial charge in [-0.1, -0.05) is 17.7 Å². The lowest BCUT2D eigenvalue weighted by molar-refractivity contribution is -0.0399. The fourth-order valence-corrected chi connectivity index (χ4v) is 5.60. The lowest BCUT2D eigenvalue weighted by atomic mass is 9.92. The Morgan fingerprint density at radius 2 is 1.74 bits per heavy atom. The Morgan fingerprint density at radius 1 is 1.08 bits per heavy atom. The second-order valence-electron chi connectivity index (χ2n) is 10.5. The zero-order chi connectivity index (χ0) is 28.1. The van der Waals surface area contributed by atoms with E-state index in [1.54, 1.807) is 19.3 Å². The number of H-pyrrole nitrogens is 1. The first kappa shape index (κ1) is 26.9. The molecular formula is C30H30ClF2N3O3. The third kappa shape index (κ3) is 5.57. The van der Waals surface area contributed by atoms with Gasteiger partial charge in [0.25, 0.3) is 11.5 Å². The van der Waals surface area contributed by atoms with Crippen molar-refractivity contribution in [1.82, 2.24) is 14.9 Å². The Morgan fingerprint density at radius 3 is 2.41 bits per heavy atom. The number of aromatic amines is 1. The minimum atomic E-state index is -2.68. The average molecular weight is 554 g/mol. The highest BCUT2D eigenvalue weighted by Gasteiger charge is 2.35. The summed E-state index contributed by atoms with van der Waals surface area (Å²) in [6.45, 7) is 5.83.